The third kappa shape index (κ3) is 2.93. The molecule has 7 heteroatoms. The molecule has 0 spiro atoms. The monoisotopic (exact) mass is 371 g/mol. The molecule has 1 amide bonds. The fourth-order valence-corrected chi connectivity index (χ4v) is 4.88. The Kier molecular flexibility index (Phi) is 4.31. The summed E-state index contributed by atoms with van der Waals surface area (Å²) in [6.45, 7) is 9.30. The van der Waals surface area contributed by atoms with Gasteiger partial charge in [0.05, 0.1) is 17.6 Å². The Labute approximate surface area is 158 Å². The molecule has 1 atom stereocenters. The van der Waals surface area contributed by atoms with Crippen LogP contribution in [0.2, 0.25) is 0 Å². The summed E-state index contributed by atoms with van der Waals surface area (Å²) in [5.74, 6) is 1.78. The molecule has 138 valence electrons. The van der Waals surface area contributed by atoms with Crippen LogP contribution in [-0.2, 0) is 23.2 Å². The molecule has 0 bridgehead atoms. The zero-order chi connectivity index (χ0) is 18.5. The van der Waals surface area contributed by atoms with E-state index < -0.39 is 0 Å². The first kappa shape index (κ1) is 17.5. The van der Waals surface area contributed by atoms with Gasteiger partial charge in [0.15, 0.2) is 0 Å². The summed E-state index contributed by atoms with van der Waals surface area (Å²) in [5, 5.41) is 0. The van der Waals surface area contributed by atoms with Crippen molar-refractivity contribution < 1.29 is 4.79 Å². The van der Waals surface area contributed by atoms with Crippen molar-refractivity contribution in [2.75, 3.05) is 25.0 Å². The van der Waals surface area contributed by atoms with E-state index in [1.807, 2.05) is 19.5 Å². The lowest BCUT2D eigenvalue weighted by Crippen LogP contribution is -2.45. The average Bonchev–Trinajstić information content (AvgIpc) is 3.12. The van der Waals surface area contributed by atoms with E-state index in [-0.39, 0.29) is 11.3 Å². The number of carbonyl (C=O) groups is 1. The van der Waals surface area contributed by atoms with Crippen LogP contribution in [0, 0.1) is 13.8 Å². The largest absolute Gasteiger partial charge is 0.299 e. The third-order valence-electron chi connectivity index (χ3n) is 5.74. The predicted octanol–water partition coefficient (Wildman–Crippen LogP) is 2.62. The maximum Gasteiger partial charge on any atom is 0.232 e. The maximum atomic E-state index is 12.1. The average molecular weight is 372 g/mol. The SMILES string of the molecule is Cc1ncsc1CN1CCC[C@@](C)(c2nc(C)c3c(n2)N(C)C(=O)C3)C1. The number of aromatic nitrogens is 3. The van der Waals surface area contributed by atoms with Crippen LogP contribution in [-0.4, -0.2) is 45.9 Å². The topological polar surface area (TPSA) is 62.2 Å². The lowest BCUT2D eigenvalue weighted by Gasteiger charge is -2.39. The Morgan fingerprint density at radius 3 is 2.81 bits per heavy atom. The second-order valence-corrected chi connectivity index (χ2v) is 8.74. The fraction of sp³-hybridized carbons (Fsp3) is 0.579. The van der Waals surface area contributed by atoms with Crippen LogP contribution in [0.4, 0.5) is 5.82 Å². The summed E-state index contributed by atoms with van der Waals surface area (Å²) in [5.41, 5.74) is 4.89. The lowest BCUT2D eigenvalue weighted by atomic mass is 9.80. The minimum atomic E-state index is -0.0941. The van der Waals surface area contributed by atoms with Crippen molar-refractivity contribution in [2.24, 2.45) is 0 Å². The zero-order valence-corrected chi connectivity index (χ0v) is 16.7. The molecule has 0 unspecified atom stereocenters. The molecule has 4 rings (SSSR count). The van der Waals surface area contributed by atoms with Crippen LogP contribution in [0.1, 0.15) is 47.4 Å². The molecular weight excluding hydrogens is 346 g/mol. The molecule has 0 radical (unpaired) electrons. The summed E-state index contributed by atoms with van der Waals surface area (Å²) in [6, 6.07) is 0. The van der Waals surface area contributed by atoms with Gasteiger partial charge in [-0.3, -0.25) is 14.6 Å². The first-order valence-corrected chi connectivity index (χ1v) is 10.0. The zero-order valence-electron chi connectivity index (χ0n) is 15.9. The van der Waals surface area contributed by atoms with Gasteiger partial charge in [-0.1, -0.05) is 6.92 Å². The van der Waals surface area contributed by atoms with E-state index in [9.17, 15) is 4.79 Å². The Morgan fingerprint density at radius 2 is 2.08 bits per heavy atom. The highest BCUT2D eigenvalue weighted by molar-refractivity contribution is 7.09. The van der Waals surface area contributed by atoms with Crippen LogP contribution >= 0.6 is 11.3 Å². The molecule has 2 aliphatic heterocycles. The molecular formula is C19H25N5OS. The highest BCUT2D eigenvalue weighted by Crippen LogP contribution is 2.36. The number of anilines is 1. The van der Waals surface area contributed by atoms with Crippen molar-refractivity contribution in [1.29, 1.82) is 0 Å². The highest BCUT2D eigenvalue weighted by atomic mass is 32.1. The molecule has 6 nitrogen and oxygen atoms in total. The van der Waals surface area contributed by atoms with Gasteiger partial charge in [-0.2, -0.15) is 0 Å². The lowest BCUT2D eigenvalue weighted by molar-refractivity contribution is -0.117. The number of piperidine rings is 1. The number of nitrogens with zero attached hydrogens (tertiary/aromatic N) is 5. The van der Waals surface area contributed by atoms with Crippen molar-refractivity contribution in [3.05, 3.63) is 33.2 Å². The molecule has 26 heavy (non-hydrogen) atoms. The minimum Gasteiger partial charge on any atom is -0.299 e. The highest BCUT2D eigenvalue weighted by Gasteiger charge is 2.38. The molecule has 2 aromatic heterocycles. The van der Waals surface area contributed by atoms with Gasteiger partial charge in [0.1, 0.15) is 11.6 Å². The predicted molar refractivity (Wildman–Crippen MR) is 103 cm³/mol. The molecule has 4 heterocycles. The van der Waals surface area contributed by atoms with Gasteiger partial charge < -0.3 is 0 Å². The summed E-state index contributed by atoms with van der Waals surface area (Å²) >= 11 is 1.73. The van der Waals surface area contributed by atoms with E-state index in [0.717, 1.165) is 61.1 Å². The van der Waals surface area contributed by atoms with Gasteiger partial charge >= 0.3 is 0 Å². The Balaban J connectivity index is 1.61. The molecule has 0 N–H and O–H groups in total. The van der Waals surface area contributed by atoms with Crippen LogP contribution in [0.3, 0.4) is 0 Å². The molecule has 0 aromatic carbocycles. The van der Waals surface area contributed by atoms with Gasteiger partial charge in [0.2, 0.25) is 5.91 Å². The van der Waals surface area contributed by atoms with Crippen molar-refractivity contribution in [3.63, 3.8) is 0 Å². The second kappa shape index (κ2) is 6.39. The van der Waals surface area contributed by atoms with E-state index in [1.54, 1.807) is 16.2 Å². The van der Waals surface area contributed by atoms with Crippen molar-refractivity contribution in [2.45, 2.75) is 52.0 Å². The summed E-state index contributed by atoms with van der Waals surface area (Å²) in [4.78, 5) is 31.6. The number of hydrogen-bond acceptors (Lipinski definition) is 6. The summed E-state index contributed by atoms with van der Waals surface area (Å²) < 4.78 is 0. The number of aryl methyl sites for hydroxylation is 2. The normalized spacial score (nSPS) is 23.5. The van der Waals surface area contributed by atoms with Crippen molar-refractivity contribution >= 4 is 23.1 Å². The Hall–Kier alpha value is -1.86. The number of hydrogen-bond donors (Lipinski definition) is 0. The summed E-state index contributed by atoms with van der Waals surface area (Å²) in [7, 11) is 1.81. The van der Waals surface area contributed by atoms with Crippen LogP contribution in [0.5, 0.6) is 0 Å². The third-order valence-corrected chi connectivity index (χ3v) is 6.66. The van der Waals surface area contributed by atoms with E-state index in [0.29, 0.717) is 6.42 Å². The van der Waals surface area contributed by atoms with Gasteiger partial charge in [-0.05, 0) is 33.2 Å². The second-order valence-electron chi connectivity index (χ2n) is 7.80. The number of amides is 1. The van der Waals surface area contributed by atoms with E-state index >= 15 is 0 Å². The Morgan fingerprint density at radius 1 is 1.27 bits per heavy atom. The molecule has 2 aliphatic rings. The Bertz CT molecular complexity index is 864. The van der Waals surface area contributed by atoms with Gasteiger partial charge in [0.25, 0.3) is 0 Å². The number of carbonyl (C=O) groups excluding carboxylic acids is 1. The van der Waals surface area contributed by atoms with E-state index in [4.69, 9.17) is 9.97 Å². The molecule has 0 aliphatic carbocycles. The number of likely N-dealkylation sites (N-methyl/N-ethyl adjacent to an activating group) is 1. The van der Waals surface area contributed by atoms with E-state index in [1.165, 1.54) is 4.88 Å². The van der Waals surface area contributed by atoms with Gasteiger partial charge in [0, 0.05) is 41.7 Å². The standard InChI is InChI=1S/C19H25N5OS/c1-12-14-8-16(25)23(4)17(14)22-18(21-12)19(3)6-5-7-24(10-19)9-15-13(2)20-11-26-15/h11H,5-10H2,1-4H3/t19-/m1/s1. The number of likely N-dealkylation sites (tertiary alicyclic amines) is 1. The van der Waals surface area contributed by atoms with Crippen LogP contribution in [0.15, 0.2) is 5.51 Å². The maximum absolute atomic E-state index is 12.1. The smallest absolute Gasteiger partial charge is 0.232 e. The minimum absolute atomic E-state index is 0.0941. The summed E-state index contributed by atoms with van der Waals surface area (Å²) in [6.07, 6.45) is 2.62. The molecule has 0 saturated carbocycles. The van der Waals surface area contributed by atoms with Gasteiger partial charge in [-0.15, -0.1) is 11.3 Å². The van der Waals surface area contributed by atoms with E-state index in [2.05, 4.69) is 23.7 Å². The number of fused-ring (bicyclic) bond motifs is 1. The fourth-order valence-electron chi connectivity index (χ4n) is 4.07. The van der Waals surface area contributed by atoms with Crippen molar-refractivity contribution in [3.8, 4) is 0 Å². The van der Waals surface area contributed by atoms with Gasteiger partial charge in [-0.25, -0.2) is 15.0 Å². The van der Waals surface area contributed by atoms with Crippen molar-refractivity contribution in [1.82, 2.24) is 19.9 Å². The van der Waals surface area contributed by atoms with Crippen LogP contribution < -0.4 is 4.90 Å². The van der Waals surface area contributed by atoms with Crippen LogP contribution in [0.25, 0.3) is 0 Å². The molecule has 1 fully saturated rings. The molecule has 2 aromatic rings. The first-order chi connectivity index (χ1) is 12.4. The number of rotatable bonds is 3. The number of thiazole rings is 1. The first-order valence-electron chi connectivity index (χ1n) is 9.13. The molecule has 1 saturated heterocycles. The quantitative estimate of drug-likeness (QED) is 0.830.